The van der Waals surface area contributed by atoms with E-state index in [1.165, 1.54) is 0 Å². The molecule has 0 aromatic heterocycles. The molecule has 1 rings (SSSR count). The Bertz CT molecular complexity index is 323. The summed E-state index contributed by atoms with van der Waals surface area (Å²) < 4.78 is 6.58. The molecule has 0 unspecified atom stereocenters. The summed E-state index contributed by atoms with van der Waals surface area (Å²) in [6.45, 7) is 3.14. The molecule has 0 radical (unpaired) electrons. The SMILES string of the molecule is Cc1ccc(Br)cc1OC/C=C/CN. The molecule has 0 aliphatic carbocycles. The number of rotatable bonds is 4. The van der Waals surface area contributed by atoms with Crippen molar-refractivity contribution in [2.75, 3.05) is 13.2 Å². The molecule has 2 N–H and O–H groups in total. The number of benzene rings is 1. The van der Waals surface area contributed by atoms with Gasteiger partial charge in [0, 0.05) is 11.0 Å². The van der Waals surface area contributed by atoms with Crippen LogP contribution in [-0.4, -0.2) is 13.2 Å². The average Bonchev–Trinajstić information content (AvgIpc) is 2.18. The number of ether oxygens (including phenoxy) is 1. The van der Waals surface area contributed by atoms with Crippen LogP contribution in [0.25, 0.3) is 0 Å². The second-order valence-electron chi connectivity index (χ2n) is 2.93. The van der Waals surface area contributed by atoms with Crippen LogP contribution >= 0.6 is 15.9 Å². The predicted octanol–water partition coefficient (Wildman–Crippen LogP) is 2.65. The Morgan fingerprint density at radius 1 is 1.43 bits per heavy atom. The Labute approximate surface area is 92.9 Å². The van der Waals surface area contributed by atoms with E-state index in [-0.39, 0.29) is 0 Å². The number of hydrogen-bond donors (Lipinski definition) is 1. The monoisotopic (exact) mass is 255 g/mol. The number of aryl methyl sites for hydroxylation is 1. The summed E-state index contributed by atoms with van der Waals surface area (Å²) in [6, 6.07) is 5.98. The largest absolute Gasteiger partial charge is 0.489 e. The minimum atomic E-state index is 0.556. The fourth-order valence-corrected chi connectivity index (χ4v) is 1.37. The van der Waals surface area contributed by atoms with E-state index in [1.54, 1.807) is 0 Å². The first-order valence-electron chi connectivity index (χ1n) is 4.48. The van der Waals surface area contributed by atoms with Gasteiger partial charge in [-0.1, -0.05) is 34.1 Å². The van der Waals surface area contributed by atoms with Crippen LogP contribution in [0.15, 0.2) is 34.8 Å². The molecule has 0 spiro atoms. The first kappa shape index (κ1) is 11.3. The highest BCUT2D eigenvalue weighted by Crippen LogP contribution is 2.22. The Kier molecular flexibility index (Phi) is 4.70. The fraction of sp³-hybridized carbons (Fsp3) is 0.273. The van der Waals surface area contributed by atoms with Crippen molar-refractivity contribution in [3.63, 3.8) is 0 Å². The highest BCUT2D eigenvalue weighted by atomic mass is 79.9. The zero-order valence-corrected chi connectivity index (χ0v) is 9.75. The molecule has 3 heteroatoms. The molecule has 1 aromatic rings. The first-order chi connectivity index (χ1) is 6.74. The minimum Gasteiger partial charge on any atom is -0.489 e. The molecule has 2 nitrogen and oxygen atoms in total. The van der Waals surface area contributed by atoms with E-state index >= 15 is 0 Å². The van der Waals surface area contributed by atoms with E-state index in [0.29, 0.717) is 13.2 Å². The van der Waals surface area contributed by atoms with Crippen LogP contribution in [-0.2, 0) is 0 Å². The van der Waals surface area contributed by atoms with Crippen molar-refractivity contribution in [3.8, 4) is 5.75 Å². The molecule has 0 heterocycles. The molecule has 0 bridgehead atoms. The highest BCUT2D eigenvalue weighted by Gasteiger charge is 1.98. The summed E-state index contributed by atoms with van der Waals surface area (Å²) in [5.41, 5.74) is 6.45. The van der Waals surface area contributed by atoms with E-state index in [1.807, 2.05) is 37.3 Å². The Hall–Kier alpha value is -0.800. The van der Waals surface area contributed by atoms with Gasteiger partial charge in [-0.3, -0.25) is 0 Å². The first-order valence-corrected chi connectivity index (χ1v) is 5.27. The fourth-order valence-electron chi connectivity index (χ4n) is 1.03. The summed E-state index contributed by atoms with van der Waals surface area (Å²) in [6.07, 6.45) is 3.80. The lowest BCUT2D eigenvalue weighted by atomic mass is 10.2. The molecule has 0 fully saturated rings. The lowest BCUT2D eigenvalue weighted by Crippen LogP contribution is -1.98. The normalized spacial score (nSPS) is 10.8. The van der Waals surface area contributed by atoms with Gasteiger partial charge in [0.1, 0.15) is 12.4 Å². The van der Waals surface area contributed by atoms with Gasteiger partial charge >= 0.3 is 0 Å². The van der Waals surface area contributed by atoms with Crippen molar-refractivity contribution in [1.29, 1.82) is 0 Å². The second-order valence-corrected chi connectivity index (χ2v) is 3.84. The number of nitrogens with two attached hydrogens (primary N) is 1. The third-order valence-electron chi connectivity index (χ3n) is 1.79. The van der Waals surface area contributed by atoms with E-state index in [0.717, 1.165) is 15.8 Å². The highest BCUT2D eigenvalue weighted by molar-refractivity contribution is 9.10. The topological polar surface area (TPSA) is 35.2 Å². The maximum atomic E-state index is 5.55. The summed E-state index contributed by atoms with van der Waals surface area (Å²) in [7, 11) is 0. The van der Waals surface area contributed by atoms with Gasteiger partial charge in [-0.25, -0.2) is 0 Å². The van der Waals surface area contributed by atoms with Crippen molar-refractivity contribution in [2.45, 2.75) is 6.92 Å². The van der Waals surface area contributed by atoms with E-state index < -0.39 is 0 Å². The van der Waals surface area contributed by atoms with E-state index in [9.17, 15) is 0 Å². The lowest BCUT2D eigenvalue weighted by Gasteiger charge is -2.06. The average molecular weight is 256 g/mol. The van der Waals surface area contributed by atoms with Gasteiger partial charge in [-0.05, 0) is 24.6 Å². The minimum absolute atomic E-state index is 0.556. The Morgan fingerprint density at radius 3 is 2.93 bits per heavy atom. The van der Waals surface area contributed by atoms with Crippen molar-refractivity contribution in [3.05, 3.63) is 40.4 Å². The molecular formula is C11H14BrNO. The molecule has 76 valence electrons. The number of hydrogen-bond acceptors (Lipinski definition) is 2. The molecule has 0 amide bonds. The van der Waals surface area contributed by atoms with Crippen molar-refractivity contribution in [2.24, 2.45) is 5.73 Å². The predicted molar refractivity (Wildman–Crippen MR) is 62.6 cm³/mol. The van der Waals surface area contributed by atoms with Crippen LogP contribution in [0, 0.1) is 6.92 Å². The smallest absolute Gasteiger partial charge is 0.123 e. The van der Waals surface area contributed by atoms with Crippen molar-refractivity contribution in [1.82, 2.24) is 0 Å². The van der Waals surface area contributed by atoms with Crippen LogP contribution in [0.1, 0.15) is 5.56 Å². The van der Waals surface area contributed by atoms with Crippen LogP contribution < -0.4 is 10.5 Å². The summed E-state index contributed by atoms with van der Waals surface area (Å²) in [5.74, 6) is 0.904. The molecule has 0 aliphatic rings. The van der Waals surface area contributed by atoms with Gasteiger partial charge in [0.05, 0.1) is 0 Å². The third-order valence-corrected chi connectivity index (χ3v) is 2.28. The summed E-state index contributed by atoms with van der Waals surface area (Å²) in [4.78, 5) is 0. The van der Waals surface area contributed by atoms with Gasteiger partial charge in [-0.15, -0.1) is 0 Å². The lowest BCUT2D eigenvalue weighted by molar-refractivity contribution is 0.360. The van der Waals surface area contributed by atoms with Crippen LogP contribution in [0.2, 0.25) is 0 Å². The van der Waals surface area contributed by atoms with Crippen LogP contribution in [0.3, 0.4) is 0 Å². The van der Waals surface area contributed by atoms with Gasteiger partial charge in [0.2, 0.25) is 0 Å². The Morgan fingerprint density at radius 2 is 2.21 bits per heavy atom. The maximum absolute atomic E-state index is 5.55. The van der Waals surface area contributed by atoms with Crippen molar-refractivity contribution < 1.29 is 4.74 Å². The molecule has 1 aromatic carbocycles. The third kappa shape index (κ3) is 3.52. The van der Waals surface area contributed by atoms with Crippen LogP contribution in [0.5, 0.6) is 5.75 Å². The van der Waals surface area contributed by atoms with Gasteiger partial charge < -0.3 is 10.5 Å². The second kappa shape index (κ2) is 5.83. The molecular weight excluding hydrogens is 242 g/mol. The summed E-state index contributed by atoms with van der Waals surface area (Å²) >= 11 is 3.40. The standard InChI is InChI=1S/C11H14BrNO/c1-9-4-5-10(12)8-11(9)14-7-3-2-6-13/h2-5,8H,6-7,13H2,1H3/b3-2+. The van der Waals surface area contributed by atoms with Crippen molar-refractivity contribution >= 4 is 15.9 Å². The van der Waals surface area contributed by atoms with Gasteiger partial charge in [0.15, 0.2) is 0 Å². The van der Waals surface area contributed by atoms with Gasteiger partial charge in [0.25, 0.3) is 0 Å². The Balaban J connectivity index is 2.57. The molecule has 0 saturated heterocycles. The molecule has 0 atom stereocenters. The van der Waals surface area contributed by atoms with Gasteiger partial charge in [-0.2, -0.15) is 0 Å². The zero-order valence-electron chi connectivity index (χ0n) is 8.16. The quantitative estimate of drug-likeness (QED) is 0.840. The zero-order chi connectivity index (χ0) is 10.4. The van der Waals surface area contributed by atoms with E-state index in [4.69, 9.17) is 10.5 Å². The molecule has 0 aliphatic heterocycles. The summed E-state index contributed by atoms with van der Waals surface area (Å²) in [5, 5.41) is 0. The number of halogens is 1. The molecule has 0 saturated carbocycles. The molecule has 14 heavy (non-hydrogen) atoms. The maximum Gasteiger partial charge on any atom is 0.123 e. The van der Waals surface area contributed by atoms with Crippen LogP contribution in [0.4, 0.5) is 0 Å². The van der Waals surface area contributed by atoms with E-state index in [2.05, 4.69) is 15.9 Å².